The lowest BCUT2D eigenvalue weighted by molar-refractivity contribution is -0.120. The summed E-state index contributed by atoms with van der Waals surface area (Å²) in [6.07, 6.45) is 1.32. The Morgan fingerprint density at radius 1 is 0.833 bits per heavy atom. The first-order valence-corrected chi connectivity index (χ1v) is 10.2. The van der Waals surface area contributed by atoms with Gasteiger partial charge in [0.2, 0.25) is 17.3 Å². The van der Waals surface area contributed by atoms with Gasteiger partial charge in [-0.05, 0) is 27.1 Å². The fourth-order valence-corrected chi connectivity index (χ4v) is 5.52. The highest BCUT2D eigenvalue weighted by Gasteiger charge is 2.55. The minimum absolute atomic E-state index is 0.0417. The van der Waals surface area contributed by atoms with Crippen LogP contribution in [0, 0.1) is 0 Å². The van der Waals surface area contributed by atoms with Gasteiger partial charge in [-0.15, -0.1) is 0 Å². The van der Waals surface area contributed by atoms with Crippen LogP contribution < -0.4 is 0 Å². The number of ketones is 4. The molecule has 150 valence electrons. The highest BCUT2D eigenvalue weighted by Crippen LogP contribution is 2.59. The summed E-state index contributed by atoms with van der Waals surface area (Å²) in [5, 5.41) is 0. The Hall–Kier alpha value is -3.06. The van der Waals surface area contributed by atoms with Gasteiger partial charge in [0, 0.05) is 54.3 Å². The standard InChI is InChI=1S/C23H16BrNO5/c1-25(2)11-8-12(26)15-13-9-6-4-5-7-10(9)14(16(15)20(11)27)18-17(13)21(28)19(24)23(30-3)22(18)29/h4-8,13-14H,1-3H3. The maximum absolute atomic E-state index is 13.4. The van der Waals surface area contributed by atoms with Crippen molar-refractivity contribution in [2.45, 2.75) is 11.8 Å². The first-order chi connectivity index (χ1) is 14.3. The molecule has 0 saturated heterocycles. The lowest BCUT2D eigenvalue weighted by atomic mass is 9.56. The minimum atomic E-state index is -0.779. The summed E-state index contributed by atoms with van der Waals surface area (Å²) in [7, 11) is 4.72. The van der Waals surface area contributed by atoms with E-state index < -0.39 is 17.6 Å². The average Bonchev–Trinajstić information content (AvgIpc) is 2.73. The molecule has 2 unspecified atom stereocenters. The van der Waals surface area contributed by atoms with E-state index >= 15 is 0 Å². The number of carbonyl (C=O) groups excluding carboxylic acids is 4. The maximum Gasteiger partial charge on any atom is 0.226 e. The third-order valence-electron chi connectivity index (χ3n) is 6.14. The summed E-state index contributed by atoms with van der Waals surface area (Å²) in [6, 6.07) is 7.36. The van der Waals surface area contributed by atoms with E-state index in [4.69, 9.17) is 4.74 Å². The van der Waals surface area contributed by atoms with Crippen molar-refractivity contribution in [3.05, 3.63) is 79.7 Å². The van der Waals surface area contributed by atoms with Crippen LogP contribution in [0.5, 0.6) is 0 Å². The Labute approximate surface area is 180 Å². The molecule has 5 aliphatic carbocycles. The lowest BCUT2D eigenvalue weighted by Crippen LogP contribution is -2.43. The smallest absolute Gasteiger partial charge is 0.226 e. The number of rotatable bonds is 2. The molecule has 0 aromatic heterocycles. The fourth-order valence-electron chi connectivity index (χ4n) is 4.97. The van der Waals surface area contributed by atoms with Gasteiger partial charge in [-0.3, -0.25) is 19.2 Å². The van der Waals surface area contributed by atoms with E-state index in [1.54, 1.807) is 19.0 Å². The van der Waals surface area contributed by atoms with Crippen LogP contribution >= 0.6 is 15.9 Å². The van der Waals surface area contributed by atoms with Gasteiger partial charge < -0.3 is 9.64 Å². The molecule has 30 heavy (non-hydrogen) atoms. The molecule has 1 aromatic rings. The molecule has 0 saturated carbocycles. The van der Waals surface area contributed by atoms with Gasteiger partial charge >= 0.3 is 0 Å². The normalized spacial score (nSPS) is 24.7. The van der Waals surface area contributed by atoms with Crippen LogP contribution in [0.2, 0.25) is 0 Å². The molecule has 5 aliphatic rings. The summed E-state index contributed by atoms with van der Waals surface area (Å²) in [4.78, 5) is 54.8. The third kappa shape index (κ3) is 2.13. The number of Topliss-reactive ketones (excluding diaryl/α,β-unsaturated/α-hetero) is 3. The van der Waals surface area contributed by atoms with Gasteiger partial charge in [0.05, 0.1) is 12.8 Å². The number of methoxy groups -OCH3 is 1. The van der Waals surface area contributed by atoms with Crippen molar-refractivity contribution in [2.24, 2.45) is 0 Å². The van der Waals surface area contributed by atoms with Crippen molar-refractivity contribution < 1.29 is 23.9 Å². The van der Waals surface area contributed by atoms with Gasteiger partial charge in [0.1, 0.15) is 4.48 Å². The van der Waals surface area contributed by atoms with Crippen molar-refractivity contribution >= 4 is 39.1 Å². The van der Waals surface area contributed by atoms with Gasteiger partial charge in [-0.2, -0.15) is 0 Å². The number of benzene rings is 1. The first kappa shape index (κ1) is 18.9. The highest BCUT2D eigenvalue weighted by molar-refractivity contribution is 9.12. The molecular weight excluding hydrogens is 450 g/mol. The summed E-state index contributed by atoms with van der Waals surface area (Å²) < 4.78 is 5.26. The van der Waals surface area contributed by atoms with Crippen LogP contribution in [0.1, 0.15) is 23.0 Å². The lowest BCUT2D eigenvalue weighted by Gasteiger charge is -2.45. The van der Waals surface area contributed by atoms with Crippen LogP contribution in [0.3, 0.4) is 0 Å². The minimum Gasteiger partial charge on any atom is -0.491 e. The van der Waals surface area contributed by atoms with E-state index in [0.717, 1.165) is 11.1 Å². The Balaban J connectivity index is 1.82. The van der Waals surface area contributed by atoms with E-state index in [1.165, 1.54) is 13.2 Å². The SMILES string of the molecule is COC1=C(Br)C(=O)C2=C(C1=O)C1C3=C(C(=O)C=C(N(C)C)C3=O)C2c2ccccc21. The molecule has 2 bridgehead atoms. The van der Waals surface area contributed by atoms with E-state index in [0.29, 0.717) is 11.1 Å². The number of ether oxygens (including phenoxy) is 1. The predicted molar refractivity (Wildman–Crippen MR) is 111 cm³/mol. The van der Waals surface area contributed by atoms with E-state index in [9.17, 15) is 19.2 Å². The molecule has 0 heterocycles. The number of halogens is 1. The number of nitrogens with zero attached hydrogens (tertiary/aromatic N) is 1. The van der Waals surface area contributed by atoms with Crippen LogP contribution in [0.4, 0.5) is 0 Å². The molecule has 0 aliphatic heterocycles. The average molecular weight is 466 g/mol. The van der Waals surface area contributed by atoms with Crippen molar-refractivity contribution in [1.29, 1.82) is 0 Å². The van der Waals surface area contributed by atoms with Crippen molar-refractivity contribution in [3.63, 3.8) is 0 Å². The number of hydrogen-bond donors (Lipinski definition) is 0. The van der Waals surface area contributed by atoms with Crippen molar-refractivity contribution in [2.75, 3.05) is 21.2 Å². The Morgan fingerprint density at radius 3 is 1.93 bits per heavy atom. The maximum atomic E-state index is 13.4. The number of hydrogen-bond acceptors (Lipinski definition) is 6. The van der Waals surface area contributed by atoms with Crippen LogP contribution in [-0.4, -0.2) is 49.2 Å². The Morgan fingerprint density at radius 2 is 1.37 bits per heavy atom. The van der Waals surface area contributed by atoms with Gasteiger partial charge in [0.15, 0.2) is 11.5 Å². The molecular formula is C23H16BrNO5. The quantitative estimate of drug-likeness (QED) is 0.624. The van der Waals surface area contributed by atoms with Crippen molar-refractivity contribution in [3.8, 4) is 0 Å². The molecule has 0 spiro atoms. The van der Waals surface area contributed by atoms with Crippen LogP contribution in [0.15, 0.2) is 68.6 Å². The number of likely N-dealkylation sites (N-methyl/N-ethyl adjacent to an activating group) is 1. The van der Waals surface area contributed by atoms with Crippen molar-refractivity contribution in [1.82, 2.24) is 4.90 Å². The number of carbonyl (C=O) groups is 4. The number of allylic oxidation sites excluding steroid dienone is 6. The Kier molecular flexibility index (Phi) is 3.92. The van der Waals surface area contributed by atoms with Crippen LogP contribution in [0.25, 0.3) is 0 Å². The summed E-state index contributed by atoms with van der Waals surface area (Å²) in [6.45, 7) is 0. The predicted octanol–water partition coefficient (Wildman–Crippen LogP) is 2.48. The summed E-state index contributed by atoms with van der Waals surface area (Å²) in [5.74, 6) is -3.03. The molecule has 7 heteroatoms. The van der Waals surface area contributed by atoms with Crippen LogP contribution in [-0.2, 0) is 23.9 Å². The van der Waals surface area contributed by atoms with Gasteiger partial charge in [-0.1, -0.05) is 24.3 Å². The second kappa shape index (κ2) is 6.22. The molecule has 6 nitrogen and oxygen atoms in total. The van der Waals surface area contributed by atoms with Gasteiger partial charge in [-0.25, -0.2) is 0 Å². The zero-order valence-corrected chi connectivity index (χ0v) is 18.0. The summed E-state index contributed by atoms with van der Waals surface area (Å²) in [5.41, 5.74) is 2.92. The first-order valence-electron chi connectivity index (χ1n) is 9.37. The van der Waals surface area contributed by atoms with E-state index in [1.807, 2.05) is 24.3 Å². The largest absolute Gasteiger partial charge is 0.491 e. The highest BCUT2D eigenvalue weighted by atomic mass is 79.9. The molecule has 6 rings (SSSR count). The molecule has 0 radical (unpaired) electrons. The second-order valence-electron chi connectivity index (χ2n) is 7.77. The van der Waals surface area contributed by atoms with Gasteiger partial charge in [0.25, 0.3) is 0 Å². The zero-order valence-electron chi connectivity index (χ0n) is 16.4. The van der Waals surface area contributed by atoms with E-state index in [-0.39, 0.29) is 44.4 Å². The summed E-state index contributed by atoms with van der Waals surface area (Å²) >= 11 is 3.20. The van der Waals surface area contributed by atoms with E-state index in [2.05, 4.69) is 15.9 Å². The topological polar surface area (TPSA) is 80.8 Å². The molecule has 0 N–H and O–H groups in total. The molecule has 0 fully saturated rings. The zero-order chi connectivity index (χ0) is 21.5. The fraction of sp³-hybridized carbons (Fsp3) is 0.217. The second-order valence-corrected chi connectivity index (χ2v) is 8.57. The molecule has 2 atom stereocenters. The molecule has 1 aromatic carbocycles. The third-order valence-corrected chi connectivity index (χ3v) is 6.86. The Bertz CT molecular complexity index is 1240. The molecule has 0 amide bonds. The monoisotopic (exact) mass is 465 g/mol.